The zero-order valence-corrected chi connectivity index (χ0v) is 18.2. The van der Waals surface area contributed by atoms with Crippen molar-refractivity contribution in [1.82, 2.24) is 10.9 Å². The van der Waals surface area contributed by atoms with Crippen LogP contribution in [0.5, 0.6) is 0 Å². The fourth-order valence-corrected chi connectivity index (χ4v) is 3.76. The molecule has 0 saturated carbocycles. The summed E-state index contributed by atoms with van der Waals surface area (Å²) in [7, 11) is 0. The van der Waals surface area contributed by atoms with Crippen LogP contribution in [0.2, 0.25) is 5.02 Å². The molecule has 0 unspecified atom stereocenters. The third-order valence-corrected chi connectivity index (χ3v) is 5.54. The molecule has 0 aromatic heterocycles. The van der Waals surface area contributed by atoms with E-state index in [0.29, 0.717) is 10.6 Å². The Hall–Kier alpha value is -3.91. The van der Waals surface area contributed by atoms with Crippen LogP contribution in [0.15, 0.2) is 66.7 Å². The van der Waals surface area contributed by atoms with Crippen LogP contribution in [0.1, 0.15) is 16.8 Å². The number of amides is 3. The SMILES string of the molecule is O=C(COC(=O)[C@@H]1CC(=O)N(c2cccc3ccccc23)C1)NNC(=O)c1ccc(Cl)cc1. The van der Waals surface area contributed by atoms with Gasteiger partial charge in [0.2, 0.25) is 5.91 Å². The van der Waals surface area contributed by atoms with E-state index in [4.69, 9.17) is 16.3 Å². The van der Waals surface area contributed by atoms with Gasteiger partial charge in [-0.25, -0.2) is 0 Å². The lowest BCUT2D eigenvalue weighted by Crippen LogP contribution is -2.43. The molecule has 1 aliphatic rings. The molecule has 1 aliphatic heterocycles. The van der Waals surface area contributed by atoms with E-state index >= 15 is 0 Å². The molecule has 2 N–H and O–H groups in total. The second kappa shape index (κ2) is 9.70. The number of benzene rings is 3. The highest BCUT2D eigenvalue weighted by atomic mass is 35.5. The summed E-state index contributed by atoms with van der Waals surface area (Å²) in [4.78, 5) is 50.5. The molecule has 1 atom stereocenters. The Kier molecular flexibility index (Phi) is 6.55. The molecule has 3 amide bonds. The molecule has 1 saturated heterocycles. The predicted molar refractivity (Wildman–Crippen MR) is 122 cm³/mol. The Bertz CT molecular complexity index is 1220. The van der Waals surface area contributed by atoms with Gasteiger partial charge in [-0.1, -0.05) is 48.0 Å². The van der Waals surface area contributed by atoms with Crippen molar-refractivity contribution in [2.75, 3.05) is 18.1 Å². The van der Waals surface area contributed by atoms with Gasteiger partial charge in [-0.15, -0.1) is 0 Å². The summed E-state index contributed by atoms with van der Waals surface area (Å²) < 4.78 is 5.06. The van der Waals surface area contributed by atoms with E-state index < -0.39 is 30.3 Å². The number of hydrogen-bond donors (Lipinski definition) is 2. The van der Waals surface area contributed by atoms with Crippen molar-refractivity contribution in [1.29, 1.82) is 0 Å². The molecule has 33 heavy (non-hydrogen) atoms. The van der Waals surface area contributed by atoms with Gasteiger partial charge >= 0.3 is 5.97 Å². The van der Waals surface area contributed by atoms with Crippen LogP contribution in [0.4, 0.5) is 5.69 Å². The first-order valence-electron chi connectivity index (χ1n) is 10.2. The van der Waals surface area contributed by atoms with Gasteiger partial charge < -0.3 is 9.64 Å². The van der Waals surface area contributed by atoms with Gasteiger partial charge in [0.05, 0.1) is 11.6 Å². The number of ether oxygens (including phenoxy) is 1. The van der Waals surface area contributed by atoms with Crippen LogP contribution in [-0.4, -0.2) is 36.8 Å². The van der Waals surface area contributed by atoms with Crippen molar-refractivity contribution >= 4 is 51.8 Å². The van der Waals surface area contributed by atoms with E-state index in [0.717, 1.165) is 16.5 Å². The topological polar surface area (TPSA) is 105 Å². The minimum absolute atomic E-state index is 0.00300. The Morgan fingerprint density at radius 1 is 0.970 bits per heavy atom. The molecule has 3 aromatic rings. The highest BCUT2D eigenvalue weighted by Crippen LogP contribution is 2.32. The van der Waals surface area contributed by atoms with Crippen molar-refractivity contribution < 1.29 is 23.9 Å². The smallest absolute Gasteiger partial charge is 0.311 e. The van der Waals surface area contributed by atoms with Gasteiger partial charge in [0.25, 0.3) is 11.8 Å². The highest BCUT2D eigenvalue weighted by Gasteiger charge is 2.36. The number of nitrogens with zero attached hydrogens (tertiary/aromatic N) is 1. The van der Waals surface area contributed by atoms with Crippen LogP contribution in [-0.2, 0) is 19.1 Å². The largest absolute Gasteiger partial charge is 0.455 e. The standard InChI is InChI=1S/C24H20ClN3O5/c25-18-10-8-16(9-11-18)23(31)27-26-21(29)14-33-24(32)17-12-22(30)28(13-17)20-7-3-5-15-4-1-2-6-19(15)20/h1-11,17H,12-14H2,(H,26,29)(H,27,31)/t17-/m1/s1. The van der Waals surface area contributed by atoms with Gasteiger partial charge in [-0.2, -0.15) is 0 Å². The molecular formula is C24H20ClN3O5. The number of halogens is 1. The molecule has 1 heterocycles. The summed E-state index contributed by atoms with van der Waals surface area (Å²) in [5.41, 5.74) is 5.44. The second-order valence-corrected chi connectivity index (χ2v) is 7.96. The summed E-state index contributed by atoms with van der Waals surface area (Å²) in [6, 6.07) is 19.4. The molecule has 0 aliphatic carbocycles. The Morgan fingerprint density at radius 3 is 2.48 bits per heavy atom. The first-order chi connectivity index (χ1) is 15.9. The fourth-order valence-electron chi connectivity index (χ4n) is 3.63. The lowest BCUT2D eigenvalue weighted by molar-refractivity contribution is -0.152. The zero-order valence-electron chi connectivity index (χ0n) is 17.4. The number of nitrogens with one attached hydrogen (secondary N) is 2. The first-order valence-corrected chi connectivity index (χ1v) is 10.6. The first kappa shape index (κ1) is 22.3. The maximum Gasteiger partial charge on any atom is 0.311 e. The van der Waals surface area contributed by atoms with Crippen molar-refractivity contribution in [3.8, 4) is 0 Å². The van der Waals surface area contributed by atoms with Crippen molar-refractivity contribution in [2.24, 2.45) is 5.92 Å². The molecule has 0 spiro atoms. The molecule has 8 nitrogen and oxygen atoms in total. The van der Waals surface area contributed by atoms with Crippen molar-refractivity contribution in [3.63, 3.8) is 0 Å². The molecule has 1 fully saturated rings. The number of fused-ring (bicyclic) bond motifs is 1. The van der Waals surface area contributed by atoms with E-state index in [9.17, 15) is 19.2 Å². The fraction of sp³-hybridized carbons (Fsp3) is 0.167. The number of esters is 1. The Balaban J connectivity index is 1.29. The van der Waals surface area contributed by atoms with Gasteiger partial charge in [-0.05, 0) is 35.7 Å². The minimum atomic E-state index is -0.708. The van der Waals surface area contributed by atoms with E-state index in [1.807, 2.05) is 42.5 Å². The van der Waals surface area contributed by atoms with E-state index in [1.165, 1.54) is 12.1 Å². The van der Waals surface area contributed by atoms with Crippen LogP contribution >= 0.6 is 11.6 Å². The summed E-state index contributed by atoms with van der Waals surface area (Å²) in [5, 5.41) is 2.39. The third kappa shape index (κ3) is 5.12. The van der Waals surface area contributed by atoms with E-state index in [-0.39, 0.29) is 18.9 Å². The lowest BCUT2D eigenvalue weighted by Gasteiger charge is -2.18. The Labute approximate surface area is 194 Å². The van der Waals surface area contributed by atoms with Gasteiger partial charge in [-0.3, -0.25) is 30.0 Å². The summed E-state index contributed by atoms with van der Waals surface area (Å²) in [6.07, 6.45) is -0.00300. The molecule has 0 radical (unpaired) electrons. The molecular weight excluding hydrogens is 446 g/mol. The normalized spacial score (nSPS) is 15.4. The highest BCUT2D eigenvalue weighted by molar-refractivity contribution is 6.30. The van der Waals surface area contributed by atoms with Crippen molar-refractivity contribution in [3.05, 3.63) is 77.3 Å². The van der Waals surface area contributed by atoms with E-state index in [2.05, 4.69) is 10.9 Å². The maximum absolute atomic E-state index is 12.6. The molecule has 4 rings (SSSR count). The van der Waals surface area contributed by atoms with Gasteiger partial charge in [0, 0.05) is 28.9 Å². The van der Waals surface area contributed by atoms with Crippen LogP contribution in [0.3, 0.4) is 0 Å². The second-order valence-electron chi connectivity index (χ2n) is 7.52. The maximum atomic E-state index is 12.6. The van der Waals surface area contributed by atoms with Gasteiger partial charge in [0.1, 0.15) is 0 Å². The minimum Gasteiger partial charge on any atom is -0.455 e. The van der Waals surface area contributed by atoms with E-state index in [1.54, 1.807) is 17.0 Å². The summed E-state index contributed by atoms with van der Waals surface area (Å²) in [5.74, 6) is -2.77. The third-order valence-electron chi connectivity index (χ3n) is 5.28. The molecule has 168 valence electrons. The lowest BCUT2D eigenvalue weighted by atomic mass is 10.1. The average Bonchev–Trinajstić information content (AvgIpc) is 3.22. The summed E-state index contributed by atoms with van der Waals surface area (Å²) in [6.45, 7) is -0.417. The number of anilines is 1. The zero-order chi connectivity index (χ0) is 23.4. The molecule has 9 heteroatoms. The van der Waals surface area contributed by atoms with Crippen LogP contribution in [0.25, 0.3) is 10.8 Å². The molecule has 3 aromatic carbocycles. The number of hydrazine groups is 1. The van der Waals surface area contributed by atoms with Gasteiger partial charge in [0.15, 0.2) is 6.61 Å². The number of hydrogen-bond acceptors (Lipinski definition) is 5. The monoisotopic (exact) mass is 465 g/mol. The Morgan fingerprint density at radius 2 is 1.70 bits per heavy atom. The number of carbonyl (C=O) groups excluding carboxylic acids is 4. The van der Waals surface area contributed by atoms with Crippen LogP contribution in [0, 0.1) is 5.92 Å². The average molecular weight is 466 g/mol. The van der Waals surface area contributed by atoms with Crippen molar-refractivity contribution in [2.45, 2.75) is 6.42 Å². The number of carbonyl (C=O) groups is 4. The summed E-state index contributed by atoms with van der Waals surface area (Å²) >= 11 is 5.77. The number of rotatable bonds is 5. The molecule has 0 bridgehead atoms. The van der Waals surface area contributed by atoms with Crippen LogP contribution < -0.4 is 15.8 Å². The quantitative estimate of drug-likeness (QED) is 0.445. The predicted octanol–water partition coefficient (Wildman–Crippen LogP) is 2.85.